The Morgan fingerprint density at radius 1 is 0.906 bits per heavy atom. The van der Waals surface area contributed by atoms with Gasteiger partial charge in [0.1, 0.15) is 22.8 Å². The van der Waals surface area contributed by atoms with E-state index < -0.39 is 10.0 Å². The van der Waals surface area contributed by atoms with E-state index in [2.05, 4.69) is 10.2 Å². The Labute approximate surface area is 188 Å². The molecule has 174 valence electrons. The highest BCUT2D eigenvalue weighted by Crippen LogP contribution is 2.28. The molecule has 1 N–H and O–H groups in total. The van der Waals surface area contributed by atoms with Gasteiger partial charge in [-0.05, 0) is 36.4 Å². The van der Waals surface area contributed by atoms with Crippen molar-refractivity contribution < 1.29 is 27.4 Å². The van der Waals surface area contributed by atoms with Crippen molar-refractivity contribution in [2.45, 2.75) is 4.90 Å². The van der Waals surface area contributed by atoms with Crippen LogP contribution in [0, 0.1) is 0 Å². The van der Waals surface area contributed by atoms with Crippen LogP contribution in [0.3, 0.4) is 0 Å². The Morgan fingerprint density at radius 2 is 1.50 bits per heavy atom. The molecule has 1 saturated heterocycles. The maximum absolute atomic E-state index is 12.9. The number of sulfonamides is 1. The first-order valence-corrected chi connectivity index (χ1v) is 11.7. The van der Waals surface area contributed by atoms with Crippen molar-refractivity contribution in [1.29, 1.82) is 0 Å². The number of hydrogen-bond acceptors (Lipinski definition) is 7. The van der Waals surface area contributed by atoms with E-state index in [0.29, 0.717) is 62.1 Å². The highest BCUT2D eigenvalue weighted by Gasteiger charge is 2.28. The number of methoxy groups -OCH3 is 3. The predicted molar refractivity (Wildman–Crippen MR) is 120 cm³/mol. The van der Waals surface area contributed by atoms with Gasteiger partial charge in [0.15, 0.2) is 0 Å². The van der Waals surface area contributed by atoms with Crippen LogP contribution in [0.4, 0.5) is 0 Å². The summed E-state index contributed by atoms with van der Waals surface area (Å²) in [6, 6.07) is 11.6. The molecule has 1 aliphatic rings. The van der Waals surface area contributed by atoms with Gasteiger partial charge in [-0.1, -0.05) is 6.07 Å². The van der Waals surface area contributed by atoms with Gasteiger partial charge in [-0.3, -0.25) is 9.69 Å². The van der Waals surface area contributed by atoms with Gasteiger partial charge >= 0.3 is 0 Å². The summed E-state index contributed by atoms with van der Waals surface area (Å²) in [4.78, 5) is 15.0. The van der Waals surface area contributed by atoms with E-state index in [9.17, 15) is 13.2 Å². The lowest BCUT2D eigenvalue weighted by Gasteiger charge is -2.34. The van der Waals surface area contributed by atoms with Crippen molar-refractivity contribution in [2.75, 3.05) is 60.6 Å². The van der Waals surface area contributed by atoms with Gasteiger partial charge < -0.3 is 19.5 Å². The molecule has 2 aromatic carbocycles. The van der Waals surface area contributed by atoms with Crippen LogP contribution in [-0.4, -0.2) is 84.1 Å². The highest BCUT2D eigenvalue weighted by atomic mass is 32.2. The topological polar surface area (TPSA) is 97.4 Å². The van der Waals surface area contributed by atoms with E-state index in [4.69, 9.17) is 14.2 Å². The van der Waals surface area contributed by atoms with Crippen LogP contribution in [0.2, 0.25) is 0 Å². The molecule has 1 aliphatic heterocycles. The van der Waals surface area contributed by atoms with E-state index in [-0.39, 0.29) is 10.8 Å². The van der Waals surface area contributed by atoms with Gasteiger partial charge in [0.05, 0.1) is 26.2 Å². The molecule has 1 fully saturated rings. The smallest absolute Gasteiger partial charge is 0.258 e. The monoisotopic (exact) mass is 463 g/mol. The van der Waals surface area contributed by atoms with Gasteiger partial charge in [-0.25, -0.2) is 8.42 Å². The number of nitrogens with zero attached hydrogens (tertiary/aromatic N) is 2. The maximum Gasteiger partial charge on any atom is 0.258 e. The predicted octanol–water partition coefficient (Wildman–Crippen LogP) is 1.45. The number of carbonyl (C=O) groups is 1. The molecule has 0 unspecified atom stereocenters. The van der Waals surface area contributed by atoms with Crippen LogP contribution in [0.5, 0.6) is 17.2 Å². The van der Waals surface area contributed by atoms with Crippen molar-refractivity contribution in [2.24, 2.45) is 0 Å². The number of carbonyl (C=O) groups excluding carboxylic acids is 1. The van der Waals surface area contributed by atoms with Gasteiger partial charge in [-0.15, -0.1) is 0 Å². The minimum Gasteiger partial charge on any atom is -0.497 e. The van der Waals surface area contributed by atoms with Crippen LogP contribution in [-0.2, 0) is 10.0 Å². The standard InChI is InChI=1S/C22H29N3O6S/c1-29-17-7-9-18(10-8-17)32(27,28)25-15-13-24(14-16-25)12-11-23-22(26)21-19(30-2)5-4-6-20(21)31-3/h4-10H,11-16H2,1-3H3,(H,23,26). The second-order valence-electron chi connectivity index (χ2n) is 7.21. The number of hydrogen-bond donors (Lipinski definition) is 1. The first kappa shape index (κ1) is 23.8. The average Bonchev–Trinajstić information content (AvgIpc) is 2.83. The van der Waals surface area contributed by atoms with Gasteiger partial charge in [0.2, 0.25) is 10.0 Å². The molecular formula is C22H29N3O6S. The average molecular weight is 464 g/mol. The minimum atomic E-state index is -3.54. The Balaban J connectivity index is 1.51. The number of nitrogens with one attached hydrogen (secondary N) is 1. The van der Waals surface area contributed by atoms with Crippen LogP contribution in [0.25, 0.3) is 0 Å². The summed E-state index contributed by atoms with van der Waals surface area (Å²) >= 11 is 0. The molecule has 2 aromatic rings. The zero-order valence-corrected chi connectivity index (χ0v) is 19.4. The van der Waals surface area contributed by atoms with E-state index in [1.54, 1.807) is 42.5 Å². The van der Waals surface area contributed by atoms with Gasteiger partial charge in [0, 0.05) is 39.3 Å². The summed E-state index contributed by atoms with van der Waals surface area (Å²) in [5, 5.41) is 2.89. The summed E-state index contributed by atoms with van der Waals surface area (Å²) < 4.78 is 42.9. The molecule has 0 spiro atoms. The number of amides is 1. The van der Waals surface area contributed by atoms with E-state index >= 15 is 0 Å². The molecule has 1 heterocycles. The van der Waals surface area contributed by atoms with Crippen molar-refractivity contribution >= 4 is 15.9 Å². The van der Waals surface area contributed by atoms with E-state index in [1.165, 1.54) is 25.6 Å². The van der Waals surface area contributed by atoms with E-state index in [1.807, 2.05) is 0 Å². The molecule has 9 nitrogen and oxygen atoms in total. The Morgan fingerprint density at radius 3 is 2.03 bits per heavy atom. The second-order valence-corrected chi connectivity index (χ2v) is 9.15. The van der Waals surface area contributed by atoms with Crippen LogP contribution < -0.4 is 19.5 Å². The SMILES string of the molecule is COc1ccc(S(=O)(=O)N2CCN(CCNC(=O)c3c(OC)cccc3OC)CC2)cc1. The molecular weight excluding hydrogens is 434 g/mol. The number of rotatable bonds is 9. The fourth-order valence-electron chi connectivity index (χ4n) is 3.58. The highest BCUT2D eigenvalue weighted by molar-refractivity contribution is 7.89. The molecule has 0 atom stereocenters. The van der Waals surface area contributed by atoms with Crippen LogP contribution >= 0.6 is 0 Å². The second kappa shape index (κ2) is 10.7. The van der Waals surface area contributed by atoms with Gasteiger partial charge in [-0.2, -0.15) is 4.31 Å². The van der Waals surface area contributed by atoms with Crippen molar-refractivity contribution in [3.63, 3.8) is 0 Å². The molecule has 0 saturated carbocycles. The third-order valence-electron chi connectivity index (χ3n) is 5.40. The summed E-state index contributed by atoms with van der Waals surface area (Å²) in [5.74, 6) is 1.22. The number of benzene rings is 2. The fraction of sp³-hybridized carbons (Fsp3) is 0.409. The Bertz CT molecular complexity index is 996. The summed E-state index contributed by atoms with van der Waals surface area (Å²) in [5.41, 5.74) is 0.355. The minimum absolute atomic E-state index is 0.254. The van der Waals surface area contributed by atoms with Crippen molar-refractivity contribution in [3.05, 3.63) is 48.0 Å². The lowest BCUT2D eigenvalue weighted by molar-refractivity contribution is 0.0938. The quantitative estimate of drug-likeness (QED) is 0.601. The molecule has 0 aromatic heterocycles. The molecule has 3 rings (SSSR count). The third-order valence-corrected chi connectivity index (χ3v) is 7.31. The molecule has 0 aliphatic carbocycles. The normalized spacial score (nSPS) is 15.2. The molecule has 10 heteroatoms. The Hall–Kier alpha value is -2.82. The summed E-state index contributed by atoms with van der Waals surface area (Å²) in [6.07, 6.45) is 0. The summed E-state index contributed by atoms with van der Waals surface area (Å²) in [6.45, 7) is 2.99. The first-order valence-electron chi connectivity index (χ1n) is 10.3. The van der Waals surface area contributed by atoms with Crippen LogP contribution in [0.15, 0.2) is 47.4 Å². The maximum atomic E-state index is 12.9. The lowest BCUT2D eigenvalue weighted by Crippen LogP contribution is -2.50. The third kappa shape index (κ3) is 5.32. The fourth-order valence-corrected chi connectivity index (χ4v) is 5.00. The molecule has 0 bridgehead atoms. The molecule has 32 heavy (non-hydrogen) atoms. The molecule has 0 radical (unpaired) electrons. The van der Waals surface area contributed by atoms with Crippen LogP contribution in [0.1, 0.15) is 10.4 Å². The van der Waals surface area contributed by atoms with Crippen molar-refractivity contribution in [3.8, 4) is 17.2 Å². The Kier molecular flexibility index (Phi) is 7.94. The lowest BCUT2D eigenvalue weighted by atomic mass is 10.1. The zero-order chi connectivity index (χ0) is 23.1. The van der Waals surface area contributed by atoms with Gasteiger partial charge in [0.25, 0.3) is 5.91 Å². The number of ether oxygens (including phenoxy) is 3. The zero-order valence-electron chi connectivity index (χ0n) is 18.5. The summed E-state index contributed by atoms with van der Waals surface area (Å²) in [7, 11) is 1.01. The van der Waals surface area contributed by atoms with E-state index in [0.717, 1.165) is 0 Å². The largest absolute Gasteiger partial charge is 0.497 e. The number of piperazine rings is 1. The molecule has 1 amide bonds. The first-order chi connectivity index (χ1) is 15.4. The van der Waals surface area contributed by atoms with Crippen molar-refractivity contribution in [1.82, 2.24) is 14.5 Å².